The van der Waals surface area contributed by atoms with Crippen LogP contribution in [0.1, 0.15) is 54.5 Å². The van der Waals surface area contributed by atoms with Crippen molar-refractivity contribution in [1.29, 1.82) is 0 Å². The Morgan fingerprint density at radius 1 is 1.29 bits per heavy atom. The maximum absolute atomic E-state index is 13.0. The van der Waals surface area contributed by atoms with Gasteiger partial charge in [0, 0.05) is 37.4 Å². The third-order valence-corrected chi connectivity index (χ3v) is 5.46. The largest absolute Gasteiger partial charge is 0.357 e. The number of likely N-dealkylation sites (tertiary alicyclic amines) is 1. The van der Waals surface area contributed by atoms with Gasteiger partial charge in [-0.05, 0) is 45.2 Å². The number of amides is 1. The summed E-state index contributed by atoms with van der Waals surface area (Å²) >= 11 is 1.63. The summed E-state index contributed by atoms with van der Waals surface area (Å²) in [5.41, 5.74) is 0.661. The second-order valence-corrected chi connectivity index (χ2v) is 6.88. The molecule has 0 aromatic carbocycles. The van der Waals surface area contributed by atoms with E-state index in [9.17, 15) is 4.79 Å². The maximum atomic E-state index is 13.0. The fraction of sp³-hybridized carbons (Fsp3) is 0.500. The Kier molecular flexibility index (Phi) is 5.45. The summed E-state index contributed by atoms with van der Waals surface area (Å²) in [6, 6.07) is 3.95. The molecule has 6 heteroatoms. The van der Waals surface area contributed by atoms with Crippen molar-refractivity contribution >= 4 is 23.1 Å². The van der Waals surface area contributed by atoms with Crippen molar-refractivity contribution in [3.8, 4) is 0 Å². The van der Waals surface area contributed by atoms with Gasteiger partial charge >= 0.3 is 0 Å². The van der Waals surface area contributed by atoms with Crippen LogP contribution in [0, 0.1) is 0 Å². The van der Waals surface area contributed by atoms with Gasteiger partial charge in [-0.15, -0.1) is 11.3 Å². The highest BCUT2D eigenvalue weighted by atomic mass is 32.1. The molecule has 128 valence electrons. The minimum atomic E-state index is 0.0634. The minimum Gasteiger partial charge on any atom is -0.357 e. The van der Waals surface area contributed by atoms with Crippen molar-refractivity contribution in [3.05, 3.63) is 40.5 Å². The van der Waals surface area contributed by atoms with E-state index in [1.165, 1.54) is 0 Å². The normalized spacial score (nSPS) is 17.8. The van der Waals surface area contributed by atoms with Crippen LogP contribution in [-0.4, -0.2) is 40.4 Å². The lowest BCUT2D eigenvalue weighted by molar-refractivity contribution is 0.0611. The van der Waals surface area contributed by atoms with Gasteiger partial charge in [-0.2, -0.15) is 0 Å². The number of pyridine rings is 1. The van der Waals surface area contributed by atoms with E-state index in [0.717, 1.165) is 49.7 Å². The summed E-state index contributed by atoms with van der Waals surface area (Å²) in [5.74, 6) is 0.986. The number of carbonyl (C=O) groups is 1. The van der Waals surface area contributed by atoms with E-state index in [0.29, 0.717) is 5.56 Å². The molecule has 1 fully saturated rings. The highest BCUT2D eigenvalue weighted by molar-refractivity contribution is 7.09. The molecule has 2 aromatic heterocycles. The van der Waals surface area contributed by atoms with Gasteiger partial charge in [0.15, 0.2) is 0 Å². The van der Waals surface area contributed by atoms with Crippen molar-refractivity contribution in [3.63, 3.8) is 0 Å². The topological polar surface area (TPSA) is 49.3 Å². The van der Waals surface area contributed by atoms with E-state index in [1.54, 1.807) is 17.5 Å². The number of thiazole rings is 1. The number of piperidine rings is 1. The van der Waals surface area contributed by atoms with Gasteiger partial charge in [0.2, 0.25) is 0 Å². The Hall–Kier alpha value is -1.95. The van der Waals surface area contributed by atoms with Crippen molar-refractivity contribution in [2.75, 3.05) is 24.5 Å². The summed E-state index contributed by atoms with van der Waals surface area (Å²) in [6.07, 6.45) is 6.72. The Labute approximate surface area is 147 Å². The SMILES string of the molecule is CCN(CC)c1ccc(C(=O)N2CCCC[C@H]2c2nccs2)cn1. The Morgan fingerprint density at radius 3 is 2.75 bits per heavy atom. The van der Waals surface area contributed by atoms with Gasteiger partial charge in [-0.3, -0.25) is 4.79 Å². The molecule has 0 aliphatic carbocycles. The van der Waals surface area contributed by atoms with E-state index < -0.39 is 0 Å². The first-order chi connectivity index (χ1) is 11.7. The second-order valence-electron chi connectivity index (χ2n) is 5.96. The molecule has 1 amide bonds. The molecule has 0 bridgehead atoms. The number of carbonyl (C=O) groups excluding carboxylic acids is 1. The van der Waals surface area contributed by atoms with Crippen LogP contribution in [0.25, 0.3) is 0 Å². The van der Waals surface area contributed by atoms with Crippen molar-refractivity contribution in [1.82, 2.24) is 14.9 Å². The van der Waals surface area contributed by atoms with Crippen LogP contribution in [0.15, 0.2) is 29.9 Å². The fourth-order valence-corrected chi connectivity index (χ4v) is 4.03. The van der Waals surface area contributed by atoms with Gasteiger partial charge in [0.25, 0.3) is 5.91 Å². The van der Waals surface area contributed by atoms with Crippen LogP contribution in [0.5, 0.6) is 0 Å². The van der Waals surface area contributed by atoms with Gasteiger partial charge in [-0.1, -0.05) is 0 Å². The van der Waals surface area contributed by atoms with Crippen LogP contribution in [0.2, 0.25) is 0 Å². The maximum Gasteiger partial charge on any atom is 0.256 e. The zero-order valence-corrected chi connectivity index (χ0v) is 15.1. The van der Waals surface area contributed by atoms with Gasteiger partial charge in [-0.25, -0.2) is 9.97 Å². The summed E-state index contributed by atoms with van der Waals surface area (Å²) in [4.78, 5) is 26.0. The summed E-state index contributed by atoms with van der Waals surface area (Å²) < 4.78 is 0. The molecule has 0 N–H and O–H groups in total. The first-order valence-corrected chi connectivity index (χ1v) is 9.54. The Morgan fingerprint density at radius 2 is 2.12 bits per heavy atom. The van der Waals surface area contributed by atoms with Crippen LogP contribution < -0.4 is 4.90 Å². The van der Waals surface area contributed by atoms with Gasteiger partial charge in [0.05, 0.1) is 11.6 Å². The molecule has 5 nitrogen and oxygen atoms in total. The molecule has 0 saturated carbocycles. The number of nitrogens with zero attached hydrogens (tertiary/aromatic N) is 4. The number of rotatable bonds is 5. The molecule has 1 atom stereocenters. The van der Waals surface area contributed by atoms with Crippen molar-refractivity contribution < 1.29 is 4.79 Å². The minimum absolute atomic E-state index is 0.0634. The monoisotopic (exact) mass is 344 g/mol. The third kappa shape index (κ3) is 3.43. The molecule has 0 radical (unpaired) electrons. The molecule has 2 aromatic rings. The number of aromatic nitrogens is 2. The first-order valence-electron chi connectivity index (χ1n) is 8.66. The predicted molar refractivity (Wildman–Crippen MR) is 97.5 cm³/mol. The van der Waals surface area contributed by atoms with E-state index in [1.807, 2.05) is 28.6 Å². The molecule has 0 spiro atoms. The highest BCUT2D eigenvalue weighted by Crippen LogP contribution is 2.33. The molecule has 1 aliphatic heterocycles. The number of hydrogen-bond acceptors (Lipinski definition) is 5. The average molecular weight is 344 g/mol. The van der Waals surface area contributed by atoms with E-state index in [4.69, 9.17) is 0 Å². The van der Waals surface area contributed by atoms with Crippen molar-refractivity contribution in [2.24, 2.45) is 0 Å². The fourth-order valence-electron chi connectivity index (χ4n) is 3.24. The van der Waals surface area contributed by atoms with Crippen LogP contribution in [-0.2, 0) is 0 Å². The average Bonchev–Trinajstić information content (AvgIpc) is 3.17. The van der Waals surface area contributed by atoms with Crippen molar-refractivity contribution in [2.45, 2.75) is 39.2 Å². The summed E-state index contributed by atoms with van der Waals surface area (Å²) in [7, 11) is 0. The Balaban J connectivity index is 1.79. The van der Waals surface area contributed by atoms with Crippen LogP contribution in [0.4, 0.5) is 5.82 Å². The van der Waals surface area contributed by atoms with Crippen LogP contribution in [0.3, 0.4) is 0 Å². The zero-order chi connectivity index (χ0) is 16.9. The molecule has 0 unspecified atom stereocenters. The second kappa shape index (κ2) is 7.75. The quantitative estimate of drug-likeness (QED) is 0.829. The number of hydrogen-bond donors (Lipinski definition) is 0. The van der Waals surface area contributed by atoms with E-state index in [-0.39, 0.29) is 11.9 Å². The molecular weight excluding hydrogens is 320 g/mol. The Bertz CT molecular complexity index is 652. The first kappa shape index (κ1) is 16.9. The standard InChI is InChI=1S/C18H24N4OS/c1-3-21(4-2)16-9-8-14(13-20-16)18(23)22-11-6-5-7-15(22)17-19-10-12-24-17/h8-10,12-13,15H,3-7,11H2,1-2H3/t15-/m0/s1. The molecule has 1 aliphatic rings. The summed E-state index contributed by atoms with van der Waals surface area (Å²) in [6.45, 7) is 6.83. The molecular formula is C18H24N4OS. The highest BCUT2D eigenvalue weighted by Gasteiger charge is 2.30. The van der Waals surface area contributed by atoms with Crippen LogP contribution >= 0.6 is 11.3 Å². The molecule has 1 saturated heterocycles. The molecule has 24 heavy (non-hydrogen) atoms. The summed E-state index contributed by atoms with van der Waals surface area (Å²) in [5, 5.41) is 3.02. The molecule has 3 rings (SSSR count). The smallest absolute Gasteiger partial charge is 0.256 e. The lowest BCUT2D eigenvalue weighted by Crippen LogP contribution is -2.38. The molecule has 3 heterocycles. The van der Waals surface area contributed by atoms with Gasteiger partial charge < -0.3 is 9.80 Å². The zero-order valence-electron chi connectivity index (χ0n) is 14.3. The van der Waals surface area contributed by atoms with E-state index >= 15 is 0 Å². The third-order valence-electron chi connectivity index (χ3n) is 4.58. The van der Waals surface area contributed by atoms with Gasteiger partial charge in [0.1, 0.15) is 10.8 Å². The predicted octanol–water partition coefficient (Wildman–Crippen LogP) is 3.75. The lowest BCUT2D eigenvalue weighted by atomic mass is 10.0. The lowest BCUT2D eigenvalue weighted by Gasteiger charge is -2.34. The number of anilines is 1. The van der Waals surface area contributed by atoms with E-state index in [2.05, 4.69) is 28.7 Å².